The molecular formula is C9H15N3S. The van der Waals surface area contributed by atoms with Crippen molar-refractivity contribution in [2.24, 2.45) is 0 Å². The fraction of sp³-hybridized carbons (Fsp3) is 0.667. The number of hydrogen-bond donors (Lipinski definition) is 2. The minimum Gasteiger partial charge on any atom is -0.315 e. The van der Waals surface area contributed by atoms with Crippen LogP contribution in [0.15, 0.2) is 11.6 Å². The Morgan fingerprint density at radius 3 is 3.38 bits per heavy atom. The first-order valence-electron chi connectivity index (χ1n) is 4.77. The first-order chi connectivity index (χ1) is 6.45. The Labute approximate surface area is 82.6 Å². The predicted octanol–water partition coefficient (Wildman–Crippen LogP) is 0.985. The molecule has 1 unspecified atom stereocenters. The monoisotopic (exact) mass is 197 g/mol. The lowest BCUT2D eigenvalue weighted by atomic mass is 10.1. The van der Waals surface area contributed by atoms with Crippen LogP contribution in [0.25, 0.3) is 0 Å². The lowest BCUT2D eigenvalue weighted by molar-refractivity contribution is 0.389. The molecule has 1 aliphatic heterocycles. The molecule has 0 saturated carbocycles. The zero-order valence-electron chi connectivity index (χ0n) is 7.62. The van der Waals surface area contributed by atoms with E-state index >= 15 is 0 Å². The number of rotatable bonds is 3. The summed E-state index contributed by atoms with van der Waals surface area (Å²) in [5.74, 6) is 0. The number of piperidine rings is 1. The molecule has 0 bridgehead atoms. The van der Waals surface area contributed by atoms with Crippen LogP contribution < -0.4 is 10.6 Å². The van der Waals surface area contributed by atoms with Gasteiger partial charge in [0, 0.05) is 30.7 Å². The average Bonchev–Trinajstić information content (AvgIpc) is 2.69. The molecule has 1 aromatic rings. The minimum atomic E-state index is 0.637. The molecule has 72 valence electrons. The van der Waals surface area contributed by atoms with Gasteiger partial charge in [-0.05, 0) is 19.4 Å². The highest BCUT2D eigenvalue weighted by molar-refractivity contribution is 7.09. The summed E-state index contributed by atoms with van der Waals surface area (Å²) in [5.41, 5.74) is 0. The molecule has 0 amide bonds. The summed E-state index contributed by atoms with van der Waals surface area (Å²) >= 11 is 1.72. The van der Waals surface area contributed by atoms with Crippen LogP contribution in [0.3, 0.4) is 0 Å². The first-order valence-corrected chi connectivity index (χ1v) is 5.65. The van der Waals surface area contributed by atoms with Crippen molar-refractivity contribution in [2.45, 2.75) is 25.4 Å². The van der Waals surface area contributed by atoms with Crippen molar-refractivity contribution in [3.05, 3.63) is 16.6 Å². The standard InChI is InChI=1S/C9H15N3S/c1-2-8(6-10-3-1)12-7-9-11-4-5-13-9/h4-5,8,10,12H,1-3,6-7H2. The maximum atomic E-state index is 4.24. The second kappa shape index (κ2) is 4.69. The van der Waals surface area contributed by atoms with Crippen molar-refractivity contribution in [2.75, 3.05) is 13.1 Å². The van der Waals surface area contributed by atoms with Crippen molar-refractivity contribution < 1.29 is 0 Å². The SMILES string of the molecule is c1csc(CNC2CCCNC2)n1. The van der Waals surface area contributed by atoms with Crippen molar-refractivity contribution in [1.82, 2.24) is 15.6 Å². The highest BCUT2D eigenvalue weighted by atomic mass is 32.1. The van der Waals surface area contributed by atoms with Crippen molar-refractivity contribution in [3.8, 4) is 0 Å². The van der Waals surface area contributed by atoms with Gasteiger partial charge in [0.15, 0.2) is 0 Å². The van der Waals surface area contributed by atoms with Crippen molar-refractivity contribution in [3.63, 3.8) is 0 Å². The summed E-state index contributed by atoms with van der Waals surface area (Å²) in [6.07, 6.45) is 4.44. The first kappa shape index (κ1) is 9.12. The van der Waals surface area contributed by atoms with E-state index in [2.05, 4.69) is 15.6 Å². The van der Waals surface area contributed by atoms with Crippen LogP contribution in [0.2, 0.25) is 0 Å². The molecule has 1 saturated heterocycles. The number of nitrogens with one attached hydrogen (secondary N) is 2. The van der Waals surface area contributed by atoms with E-state index in [1.54, 1.807) is 11.3 Å². The van der Waals surface area contributed by atoms with Gasteiger partial charge in [0.25, 0.3) is 0 Å². The van der Waals surface area contributed by atoms with E-state index in [4.69, 9.17) is 0 Å². The van der Waals surface area contributed by atoms with Gasteiger partial charge < -0.3 is 10.6 Å². The maximum absolute atomic E-state index is 4.24. The molecule has 0 spiro atoms. The number of nitrogens with zero attached hydrogens (tertiary/aromatic N) is 1. The zero-order chi connectivity index (χ0) is 8.93. The molecule has 2 rings (SSSR count). The Balaban J connectivity index is 1.72. The molecule has 1 aliphatic rings. The highest BCUT2D eigenvalue weighted by Gasteiger charge is 2.11. The molecular weight excluding hydrogens is 182 g/mol. The van der Waals surface area contributed by atoms with E-state index in [9.17, 15) is 0 Å². The molecule has 13 heavy (non-hydrogen) atoms. The second-order valence-electron chi connectivity index (χ2n) is 3.35. The quantitative estimate of drug-likeness (QED) is 0.758. The summed E-state index contributed by atoms with van der Waals surface area (Å²) in [4.78, 5) is 4.24. The molecule has 0 aromatic carbocycles. The van der Waals surface area contributed by atoms with Gasteiger partial charge in [0.1, 0.15) is 5.01 Å². The third kappa shape index (κ3) is 2.76. The van der Waals surface area contributed by atoms with Crippen LogP contribution in [0.5, 0.6) is 0 Å². The summed E-state index contributed by atoms with van der Waals surface area (Å²) in [6, 6.07) is 0.637. The molecule has 1 fully saturated rings. The molecule has 0 radical (unpaired) electrons. The number of hydrogen-bond acceptors (Lipinski definition) is 4. The lowest BCUT2D eigenvalue weighted by Crippen LogP contribution is -2.42. The van der Waals surface area contributed by atoms with Crippen LogP contribution in [-0.4, -0.2) is 24.1 Å². The molecule has 1 atom stereocenters. The number of aromatic nitrogens is 1. The fourth-order valence-corrected chi connectivity index (χ4v) is 2.17. The van der Waals surface area contributed by atoms with Crippen molar-refractivity contribution in [1.29, 1.82) is 0 Å². The van der Waals surface area contributed by atoms with E-state index in [-0.39, 0.29) is 0 Å². The maximum Gasteiger partial charge on any atom is 0.106 e. The third-order valence-electron chi connectivity index (χ3n) is 2.32. The van der Waals surface area contributed by atoms with Gasteiger partial charge in [-0.25, -0.2) is 4.98 Å². The topological polar surface area (TPSA) is 37.0 Å². The van der Waals surface area contributed by atoms with E-state index in [1.165, 1.54) is 24.4 Å². The van der Waals surface area contributed by atoms with E-state index in [1.807, 2.05) is 11.6 Å². The van der Waals surface area contributed by atoms with Crippen LogP contribution in [0.1, 0.15) is 17.8 Å². The van der Waals surface area contributed by atoms with Crippen LogP contribution in [0, 0.1) is 0 Å². The Kier molecular flexibility index (Phi) is 3.29. The van der Waals surface area contributed by atoms with Gasteiger partial charge in [-0.15, -0.1) is 11.3 Å². The minimum absolute atomic E-state index is 0.637. The Morgan fingerprint density at radius 2 is 2.69 bits per heavy atom. The van der Waals surface area contributed by atoms with Gasteiger partial charge in [-0.1, -0.05) is 0 Å². The summed E-state index contributed by atoms with van der Waals surface area (Å²) in [7, 11) is 0. The molecule has 0 aliphatic carbocycles. The van der Waals surface area contributed by atoms with E-state index < -0.39 is 0 Å². The van der Waals surface area contributed by atoms with Gasteiger partial charge >= 0.3 is 0 Å². The zero-order valence-corrected chi connectivity index (χ0v) is 8.44. The van der Waals surface area contributed by atoms with E-state index in [0.717, 1.165) is 13.1 Å². The second-order valence-corrected chi connectivity index (χ2v) is 4.33. The van der Waals surface area contributed by atoms with Crippen LogP contribution >= 0.6 is 11.3 Å². The lowest BCUT2D eigenvalue weighted by Gasteiger charge is -2.23. The summed E-state index contributed by atoms with van der Waals surface area (Å²) < 4.78 is 0. The van der Waals surface area contributed by atoms with Gasteiger partial charge in [-0.2, -0.15) is 0 Å². The predicted molar refractivity (Wildman–Crippen MR) is 54.8 cm³/mol. The third-order valence-corrected chi connectivity index (χ3v) is 3.10. The molecule has 3 nitrogen and oxygen atoms in total. The normalized spacial score (nSPS) is 23.2. The summed E-state index contributed by atoms with van der Waals surface area (Å²) in [5, 5.41) is 10.1. The molecule has 2 N–H and O–H groups in total. The van der Waals surface area contributed by atoms with E-state index in [0.29, 0.717) is 6.04 Å². The van der Waals surface area contributed by atoms with Crippen LogP contribution in [0.4, 0.5) is 0 Å². The fourth-order valence-electron chi connectivity index (χ4n) is 1.60. The average molecular weight is 197 g/mol. The van der Waals surface area contributed by atoms with Gasteiger partial charge in [0.05, 0.1) is 0 Å². The molecule has 4 heteroatoms. The van der Waals surface area contributed by atoms with Crippen LogP contribution in [-0.2, 0) is 6.54 Å². The summed E-state index contributed by atoms with van der Waals surface area (Å²) in [6.45, 7) is 3.20. The molecule has 1 aromatic heterocycles. The smallest absolute Gasteiger partial charge is 0.106 e. The molecule has 2 heterocycles. The highest BCUT2D eigenvalue weighted by Crippen LogP contribution is 2.06. The van der Waals surface area contributed by atoms with Gasteiger partial charge in [0.2, 0.25) is 0 Å². The Hall–Kier alpha value is -0.450. The van der Waals surface area contributed by atoms with Crippen molar-refractivity contribution >= 4 is 11.3 Å². The largest absolute Gasteiger partial charge is 0.315 e. The van der Waals surface area contributed by atoms with Gasteiger partial charge in [-0.3, -0.25) is 0 Å². The Bertz CT molecular complexity index is 229. The Morgan fingerprint density at radius 1 is 1.69 bits per heavy atom. The number of thiazole rings is 1.